The lowest BCUT2D eigenvalue weighted by molar-refractivity contribution is -0.137. The van der Waals surface area contributed by atoms with Crippen molar-refractivity contribution in [2.24, 2.45) is 11.5 Å². The molecule has 2 aromatic rings. The van der Waals surface area contributed by atoms with Gasteiger partial charge in [-0.1, -0.05) is 0 Å². The highest BCUT2D eigenvalue weighted by molar-refractivity contribution is 5.98. The molecular formula is C20H24F4N6O. The van der Waals surface area contributed by atoms with Crippen molar-refractivity contribution in [3.63, 3.8) is 0 Å². The summed E-state index contributed by atoms with van der Waals surface area (Å²) in [7, 11) is 0. The van der Waals surface area contributed by atoms with E-state index in [0.717, 1.165) is 38.8 Å². The monoisotopic (exact) mass is 440 g/mol. The molecule has 31 heavy (non-hydrogen) atoms. The summed E-state index contributed by atoms with van der Waals surface area (Å²) < 4.78 is 54.5. The van der Waals surface area contributed by atoms with Crippen molar-refractivity contribution >= 4 is 23.4 Å². The van der Waals surface area contributed by atoms with Gasteiger partial charge >= 0.3 is 6.18 Å². The SMILES string of the molecule is CC(C)(F)c1cc(Nc2nc(N3CCC[C@H](N)C3)ncc2C(N)=O)cc(C(F)(F)F)c1. The number of nitrogens with zero attached hydrogens (tertiary/aromatic N) is 3. The number of nitrogens with one attached hydrogen (secondary N) is 1. The zero-order chi connectivity index (χ0) is 23.0. The fourth-order valence-corrected chi connectivity index (χ4v) is 3.34. The first-order chi connectivity index (χ1) is 14.3. The molecule has 0 spiro atoms. The Morgan fingerprint density at radius 2 is 1.87 bits per heavy atom. The number of amides is 1. The van der Waals surface area contributed by atoms with Gasteiger partial charge in [-0.05, 0) is 50.5 Å². The molecule has 2 heterocycles. The Morgan fingerprint density at radius 3 is 2.45 bits per heavy atom. The van der Waals surface area contributed by atoms with Crippen LogP contribution in [0.2, 0.25) is 0 Å². The number of rotatable bonds is 5. The molecule has 1 aromatic carbocycles. The van der Waals surface area contributed by atoms with Crippen molar-refractivity contribution in [1.29, 1.82) is 0 Å². The van der Waals surface area contributed by atoms with Crippen molar-refractivity contribution in [1.82, 2.24) is 9.97 Å². The molecule has 1 amide bonds. The smallest absolute Gasteiger partial charge is 0.365 e. The lowest BCUT2D eigenvalue weighted by Gasteiger charge is -2.31. The summed E-state index contributed by atoms with van der Waals surface area (Å²) in [5.41, 5.74) is 7.95. The van der Waals surface area contributed by atoms with Crippen LogP contribution < -0.4 is 21.7 Å². The van der Waals surface area contributed by atoms with E-state index < -0.39 is 23.3 Å². The number of halogens is 4. The van der Waals surface area contributed by atoms with E-state index >= 15 is 0 Å². The molecule has 1 atom stereocenters. The van der Waals surface area contributed by atoms with Crippen molar-refractivity contribution in [2.45, 2.75) is 44.6 Å². The Balaban J connectivity index is 2.04. The van der Waals surface area contributed by atoms with Gasteiger partial charge in [-0.2, -0.15) is 18.2 Å². The van der Waals surface area contributed by atoms with Gasteiger partial charge in [0.25, 0.3) is 5.91 Å². The summed E-state index contributed by atoms with van der Waals surface area (Å²) in [6.07, 6.45) is -1.80. The molecule has 1 aliphatic rings. The van der Waals surface area contributed by atoms with E-state index in [1.807, 2.05) is 4.90 Å². The maximum Gasteiger partial charge on any atom is 0.416 e. The third kappa shape index (κ3) is 5.40. The van der Waals surface area contributed by atoms with Crippen molar-refractivity contribution in [3.05, 3.63) is 41.1 Å². The lowest BCUT2D eigenvalue weighted by atomic mass is 9.97. The van der Waals surface area contributed by atoms with Gasteiger partial charge in [0.2, 0.25) is 5.95 Å². The van der Waals surface area contributed by atoms with E-state index in [9.17, 15) is 22.4 Å². The van der Waals surface area contributed by atoms with Gasteiger partial charge in [0, 0.05) is 31.0 Å². The van der Waals surface area contributed by atoms with E-state index in [0.29, 0.717) is 13.1 Å². The first kappa shape index (κ1) is 22.7. The van der Waals surface area contributed by atoms with Gasteiger partial charge in [0.15, 0.2) is 0 Å². The molecule has 7 nitrogen and oxygen atoms in total. The molecule has 0 radical (unpaired) electrons. The molecule has 3 rings (SSSR count). The minimum absolute atomic E-state index is 0.0672. The summed E-state index contributed by atoms with van der Waals surface area (Å²) in [5.74, 6) is -0.665. The molecule has 1 aromatic heterocycles. The highest BCUT2D eigenvalue weighted by atomic mass is 19.4. The number of aromatic nitrogens is 2. The van der Waals surface area contributed by atoms with Crippen LogP contribution in [0.1, 0.15) is 48.2 Å². The van der Waals surface area contributed by atoms with Crippen molar-refractivity contribution in [2.75, 3.05) is 23.3 Å². The van der Waals surface area contributed by atoms with Crippen molar-refractivity contribution in [3.8, 4) is 0 Å². The number of carbonyl (C=O) groups is 1. The van der Waals surface area contributed by atoms with E-state index in [1.54, 1.807) is 0 Å². The van der Waals surface area contributed by atoms with Crippen LogP contribution in [-0.4, -0.2) is 35.0 Å². The number of benzene rings is 1. The number of nitrogens with two attached hydrogens (primary N) is 2. The first-order valence-electron chi connectivity index (χ1n) is 9.70. The molecular weight excluding hydrogens is 416 g/mol. The van der Waals surface area contributed by atoms with Crippen LogP contribution in [-0.2, 0) is 11.8 Å². The molecule has 0 bridgehead atoms. The number of piperidine rings is 1. The Bertz CT molecular complexity index is 941. The Hall–Kier alpha value is -2.95. The second-order valence-corrected chi connectivity index (χ2v) is 8.04. The normalized spacial score (nSPS) is 17.5. The molecule has 11 heteroatoms. The van der Waals surface area contributed by atoms with Crippen LogP contribution in [0, 0.1) is 0 Å². The highest BCUT2D eigenvalue weighted by Crippen LogP contribution is 2.37. The van der Waals surface area contributed by atoms with Crippen LogP contribution in [0.5, 0.6) is 0 Å². The Kier molecular flexibility index (Phi) is 6.08. The zero-order valence-electron chi connectivity index (χ0n) is 17.1. The lowest BCUT2D eigenvalue weighted by Crippen LogP contribution is -2.43. The maximum absolute atomic E-state index is 14.4. The molecule has 1 aliphatic heterocycles. The van der Waals surface area contributed by atoms with Crippen LogP contribution in [0.3, 0.4) is 0 Å². The van der Waals surface area contributed by atoms with Crippen LogP contribution >= 0.6 is 0 Å². The third-order valence-corrected chi connectivity index (χ3v) is 4.99. The van der Waals surface area contributed by atoms with Crippen LogP contribution in [0.25, 0.3) is 0 Å². The maximum atomic E-state index is 14.4. The summed E-state index contributed by atoms with van der Waals surface area (Å²) in [6.45, 7) is 3.46. The number of hydrogen-bond acceptors (Lipinski definition) is 6. The van der Waals surface area contributed by atoms with Gasteiger partial charge in [0.05, 0.1) is 5.56 Å². The topological polar surface area (TPSA) is 110 Å². The average Bonchev–Trinajstić information content (AvgIpc) is 2.66. The number of carbonyl (C=O) groups excluding carboxylic acids is 1. The molecule has 0 saturated carbocycles. The van der Waals surface area contributed by atoms with Gasteiger partial charge in [-0.25, -0.2) is 9.37 Å². The van der Waals surface area contributed by atoms with E-state index in [1.165, 1.54) is 12.3 Å². The first-order valence-corrected chi connectivity index (χ1v) is 9.70. The quantitative estimate of drug-likeness (QED) is 0.614. The largest absolute Gasteiger partial charge is 0.416 e. The molecule has 0 aliphatic carbocycles. The van der Waals surface area contributed by atoms with Gasteiger partial charge < -0.3 is 21.7 Å². The van der Waals surface area contributed by atoms with Gasteiger partial charge in [-0.15, -0.1) is 0 Å². The van der Waals surface area contributed by atoms with Crippen molar-refractivity contribution < 1.29 is 22.4 Å². The minimum Gasteiger partial charge on any atom is -0.365 e. The predicted octanol–water partition coefficient (Wildman–Crippen LogP) is 3.47. The molecule has 1 fully saturated rings. The number of anilines is 3. The molecule has 1 saturated heterocycles. The second-order valence-electron chi connectivity index (χ2n) is 8.04. The Morgan fingerprint density at radius 1 is 1.19 bits per heavy atom. The van der Waals surface area contributed by atoms with E-state index in [4.69, 9.17) is 11.5 Å². The van der Waals surface area contributed by atoms with Gasteiger partial charge in [0.1, 0.15) is 17.1 Å². The standard InChI is InChI=1S/C20H24F4N6O/c1-19(2,21)11-6-12(20(22,23)24)8-14(7-11)28-17-15(16(26)31)9-27-18(29-17)30-5-3-4-13(25)10-30/h6-9,13H,3-5,10,25H2,1-2H3,(H2,26,31)(H,27,28,29)/t13-/m0/s1. The summed E-state index contributed by atoms with van der Waals surface area (Å²) in [5, 5.41) is 2.69. The molecule has 0 unspecified atom stereocenters. The summed E-state index contributed by atoms with van der Waals surface area (Å²) in [4.78, 5) is 22.1. The fourth-order valence-electron chi connectivity index (χ4n) is 3.34. The average molecular weight is 440 g/mol. The highest BCUT2D eigenvalue weighted by Gasteiger charge is 2.33. The predicted molar refractivity (Wildman–Crippen MR) is 109 cm³/mol. The van der Waals surface area contributed by atoms with E-state index in [-0.39, 0.29) is 34.6 Å². The number of primary amides is 1. The van der Waals surface area contributed by atoms with E-state index in [2.05, 4.69) is 15.3 Å². The zero-order valence-corrected chi connectivity index (χ0v) is 17.1. The molecule has 168 valence electrons. The Labute approximate surface area is 176 Å². The summed E-state index contributed by atoms with van der Waals surface area (Å²) in [6, 6.07) is 2.74. The number of alkyl halides is 4. The van der Waals surface area contributed by atoms with Crippen LogP contribution in [0.4, 0.5) is 35.0 Å². The summed E-state index contributed by atoms with van der Waals surface area (Å²) >= 11 is 0. The second kappa shape index (κ2) is 8.29. The van der Waals surface area contributed by atoms with Crippen LogP contribution in [0.15, 0.2) is 24.4 Å². The number of hydrogen-bond donors (Lipinski definition) is 3. The minimum atomic E-state index is -4.69. The molecule has 5 N–H and O–H groups in total. The third-order valence-electron chi connectivity index (χ3n) is 4.99. The van der Waals surface area contributed by atoms with Gasteiger partial charge in [-0.3, -0.25) is 4.79 Å². The fraction of sp³-hybridized carbons (Fsp3) is 0.450.